The highest BCUT2D eigenvalue weighted by Crippen LogP contribution is 2.23. The summed E-state index contributed by atoms with van der Waals surface area (Å²) in [5.41, 5.74) is 1.25. The van der Waals surface area contributed by atoms with Gasteiger partial charge in [-0.15, -0.1) is 0 Å². The first kappa shape index (κ1) is 11.4. The molecule has 5 nitrogen and oxygen atoms in total. The molecule has 0 unspecified atom stereocenters. The first-order valence-electron chi connectivity index (χ1n) is 5.33. The molecule has 0 radical (unpaired) electrons. The van der Waals surface area contributed by atoms with Crippen LogP contribution in [0.2, 0.25) is 0 Å². The summed E-state index contributed by atoms with van der Waals surface area (Å²) in [6.07, 6.45) is 0.422. The van der Waals surface area contributed by atoms with Gasteiger partial charge in [0.15, 0.2) is 0 Å². The van der Waals surface area contributed by atoms with Gasteiger partial charge in [-0.05, 0) is 38.0 Å². The Hall–Kier alpha value is -2.04. The number of rotatable bonds is 3. The average molecular weight is 234 g/mol. The second-order valence-corrected chi connectivity index (χ2v) is 4.82. The molecule has 0 aliphatic carbocycles. The summed E-state index contributed by atoms with van der Waals surface area (Å²) >= 11 is 0. The minimum atomic E-state index is -0.833. The summed E-state index contributed by atoms with van der Waals surface area (Å²) in [5.74, 6) is -0.833. The molecular weight excluding hydrogens is 220 g/mol. The average Bonchev–Trinajstić information content (AvgIpc) is 2.56. The summed E-state index contributed by atoms with van der Waals surface area (Å²) in [4.78, 5) is 27.4. The lowest BCUT2D eigenvalue weighted by molar-refractivity contribution is -0.146. The van der Waals surface area contributed by atoms with Gasteiger partial charge in [-0.1, -0.05) is 6.07 Å². The van der Waals surface area contributed by atoms with Gasteiger partial charge in [0, 0.05) is 0 Å². The molecule has 5 heteroatoms. The fraction of sp³-hybridized carbons (Fsp3) is 0.333. The number of fused-ring (bicyclic) bond motifs is 1. The van der Waals surface area contributed by atoms with E-state index in [0.717, 1.165) is 11.1 Å². The third-order valence-electron chi connectivity index (χ3n) is 2.81. The zero-order valence-corrected chi connectivity index (χ0v) is 9.70. The molecule has 1 aromatic carbocycles. The van der Waals surface area contributed by atoms with E-state index in [0.29, 0.717) is 11.9 Å². The normalized spacial score (nSPS) is 11.9. The van der Waals surface area contributed by atoms with E-state index < -0.39 is 11.4 Å². The minimum Gasteiger partial charge on any atom is -0.481 e. The van der Waals surface area contributed by atoms with Crippen LogP contribution in [0.3, 0.4) is 0 Å². The number of hydrogen-bond donors (Lipinski definition) is 3. The number of nitrogens with one attached hydrogen (secondary N) is 2. The van der Waals surface area contributed by atoms with Gasteiger partial charge in [-0.2, -0.15) is 0 Å². The van der Waals surface area contributed by atoms with Gasteiger partial charge in [0.25, 0.3) is 0 Å². The van der Waals surface area contributed by atoms with Crippen molar-refractivity contribution in [3.05, 3.63) is 34.2 Å². The molecule has 0 saturated heterocycles. The summed E-state index contributed by atoms with van der Waals surface area (Å²) in [5, 5.41) is 9.06. The van der Waals surface area contributed by atoms with E-state index in [4.69, 9.17) is 5.11 Å². The number of hydrogen-bond acceptors (Lipinski definition) is 2. The first-order chi connectivity index (χ1) is 7.88. The number of benzene rings is 1. The van der Waals surface area contributed by atoms with Crippen LogP contribution in [0.15, 0.2) is 23.0 Å². The van der Waals surface area contributed by atoms with Crippen LogP contribution < -0.4 is 5.69 Å². The zero-order valence-electron chi connectivity index (χ0n) is 9.70. The predicted octanol–water partition coefficient (Wildman–Crippen LogP) is 1.51. The van der Waals surface area contributed by atoms with Crippen LogP contribution in [0.1, 0.15) is 19.4 Å². The van der Waals surface area contributed by atoms with Crippen molar-refractivity contribution in [1.82, 2.24) is 9.97 Å². The van der Waals surface area contributed by atoms with Crippen molar-refractivity contribution >= 4 is 17.0 Å². The smallest absolute Gasteiger partial charge is 0.323 e. The third-order valence-corrected chi connectivity index (χ3v) is 2.81. The van der Waals surface area contributed by atoms with Crippen LogP contribution in [0.25, 0.3) is 11.0 Å². The van der Waals surface area contributed by atoms with Gasteiger partial charge in [-0.3, -0.25) is 4.79 Å². The lowest BCUT2D eigenvalue weighted by Gasteiger charge is -2.18. The Morgan fingerprint density at radius 2 is 1.94 bits per heavy atom. The lowest BCUT2D eigenvalue weighted by atomic mass is 9.86. The Morgan fingerprint density at radius 1 is 1.29 bits per heavy atom. The van der Waals surface area contributed by atoms with Gasteiger partial charge in [-0.25, -0.2) is 4.79 Å². The van der Waals surface area contributed by atoms with E-state index in [1.54, 1.807) is 26.0 Å². The highest BCUT2D eigenvalue weighted by molar-refractivity contribution is 5.76. The molecule has 0 fully saturated rings. The van der Waals surface area contributed by atoms with Crippen molar-refractivity contribution in [2.45, 2.75) is 20.3 Å². The van der Waals surface area contributed by atoms with Crippen molar-refractivity contribution in [3.63, 3.8) is 0 Å². The van der Waals surface area contributed by atoms with Crippen LogP contribution in [0.4, 0.5) is 0 Å². The summed E-state index contributed by atoms with van der Waals surface area (Å²) in [7, 11) is 0. The van der Waals surface area contributed by atoms with E-state index in [2.05, 4.69) is 9.97 Å². The predicted molar refractivity (Wildman–Crippen MR) is 64.0 cm³/mol. The molecule has 1 aromatic heterocycles. The van der Waals surface area contributed by atoms with Crippen LogP contribution in [-0.4, -0.2) is 21.0 Å². The van der Waals surface area contributed by atoms with Gasteiger partial charge in [0.1, 0.15) is 0 Å². The second kappa shape index (κ2) is 3.76. The first-order valence-corrected chi connectivity index (χ1v) is 5.33. The van der Waals surface area contributed by atoms with Gasteiger partial charge in [0.2, 0.25) is 0 Å². The molecule has 0 aliphatic heterocycles. The van der Waals surface area contributed by atoms with Gasteiger partial charge in [0.05, 0.1) is 16.4 Å². The third kappa shape index (κ3) is 2.22. The standard InChI is InChI=1S/C12H14N2O3/c1-12(2,10(15)16)6-7-3-4-8-9(5-7)14-11(17)13-8/h3-5H,6H2,1-2H3,(H,15,16)(H2,13,14,17). The van der Waals surface area contributed by atoms with E-state index >= 15 is 0 Å². The number of imidazole rings is 1. The number of carboxylic acids is 1. The minimum absolute atomic E-state index is 0.255. The highest BCUT2D eigenvalue weighted by atomic mass is 16.4. The number of aliphatic carboxylic acids is 1. The van der Waals surface area contributed by atoms with Gasteiger partial charge >= 0.3 is 11.7 Å². The second-order valence-electron chi connectivity index (χ2n) is 4.82. The fourth-order valence-corrected chi connectivity index (χ4v) is 1.78. The van der Waals surface area contributed by atoms with Crippen molar-refractivity contribution in [2.75, 3.05) is 0 Å². The topological polar surface area (TPSA) is 86.0 Å². The molecule has 0 amide bonds. The van der Waals surface area contributed by atoms with E-state index in [1.807, 2.05) is 6.07 Å². The number of carboxylic acid groups (broad SMARTS) is 1. The van der Waals surface area contributed by atoms with Crippen LogP contribution >= 0.6 is 0 Å². The van der Waals surface area contributed by atoms with Crippen molar-refractivity contribution in [1.29, 1.82) is 0 Å². The van der Waals surface area contributed by atoms with E-state index in [-0.39, 0.29) is 5.69 Å². The quantitative estimate of drug-likeness (QED) is 0.752. The molecule has 0 bridgehead atoms. The molecule has 1 heterocycles. The van der Waals surface area contributed by atoms with Crippen molar-refractivity contribution in [2.24, 2.45) is 5.41 Å². The molecule has 2 aromatic rings. The molecule has 17 heavy (non-hydrogen) atoms. The number of H-pyrrole nitrogens is 2. The number of aromatic amines is 2. The number of carbonyl (C=O) groups is 1. The van der Waals surface area contributed by atoms with Gasteiger partial charge < -0.3 is 15.1 Å². The fourth-order valence-electron chi connectivity index (χ4n) is 1.78. The van der Waals surface area contributed by atoms with Crippen LogP contribution in [-0.2, 0) is 11.2 Å². The maximum Gasteiger partial charge on any atom is 0.323 e. The van der Waals surface area contributed by atoms with Crippen molar-refractivity contribution < 1.29 is 9.90 Å². The SMILES string of the molecule is CC(C)(Cc1ccc2[nH]c(=O)[nH]c2c1)C(=O)O. The Morgan fingerprint density at radius 3 is 2.59 bits per heavy atom. The number of aromatic nitrogens is 2. The highest BCUT2D eigenvalue weighted by Gasteiger charge is 2.27. The largest absolute Gasteiger partial charge is 0.481 e. The summed E-state index contributed by atoms with van der Waals surface area (Å²) < 4.78 is 0. The maximum absolute atomic E-state index is 11.1. The Labute approximate surface area is 97.5 Å². The molecule has 2 rings (SSSR count). The molecule has 0 spiro atoms. The monoisotopic (exact) mass is 234 g/mol. The van der Waals surface area contributed by atoms with Crippen molar-refractivity contribution in [3.8, 4) is 0 Å². The molecule has 0 aliphatic rings. The lowest BCUT2D eigenvalue weighted by Crippen LogP contribution is -2.26. The Balaban J connectivity index is 2.37. The molecule has 90 valence electrons. The summed E-state index contributed by atoms with van der Waals surface area (Å²) in [6, 6.07) is 5.41. The Kier molecular flexibility index (Phi) is 2.53. The van der Waals surface area contributed by atoms with E-state index in [9.17, 15) is 9.59 Å². The van der Waals surface area contributed by atoms with Crippen LogP contribution in [0.5, 0.6) is 0 Å². The summed E-state index contributed by atoms with van der Waals surface area (Å²) in [6.45, 7) is 3.36. The zero-order chi connectivity index (χ0) is 12.6. The van der Waals surface area contributed by atoms with Crippen LogP contribution in [0, 0.1) is 5.41 Å². The molecular formula is C12H14N2O3. The molecule has 0 atom stereocenters. The molecule has 3 N–H and O–H groups in total. The van der Waals surface area contributed by atoms with E-state index in [1.165, 1.54) is 0 Å². The maximum atomic E-state index is 11.1. The molecule has 0 saturated carbocycles. The Bertz CT molecular complexity index is 622.